The molecule has 2 rings (SSSR count). The van der Waals surface area contributed by atoms with E-state index in [-0.39, 0.29) is 11.9 Å². The lowest BCUT2D eigenvalue weighted by Gasteiger charge is -2.33. The molecule has 2 unspecified atom stereocenters. The summed E-state index contributed by atoms with van der Waals surface area (Å²) in [4.78, 5) is 0. The highest BCUT2D eigenvalue weighted by Gasteiger charge is 2.24. The second kappa shape index (κ2) is 7.56. The lowest BCUT2D eigenvalue weighted by Crippen LogP contribution is -2.38. The van der Waals surface area contributed by atoms with Crippen molar-refractivity contribution in [1.82, 2.24) is 5.32 Å². The zero-order chi connectivity index (χ0) is 14.5. The molecule has 1 aromatic rings. The topological polar surface area (TPSA) is 12.0 Å². The summed E-state index contributed by atoms with van der Waals surface area (Å²) in [6, 6.07) is 5.79. The Morgan fingerprint density at radius 3 is 2.60 bits per heavy atom. The highest BCUT2D eigenvalue weighted by atomic mass is 79.9. The molecule has 1 aliphatic rings. The van der Waals surface area contributed by atoms with Crippen LogP contribution >= 0.6 is 15.9 Å². The molecule has 2 atom stereocenters. The van der Waals surface area contributed by atoms with Crippen molar-refractivity contribution in [2.45, 2.75) is 64.5 Å². The molecule has 112 valence electrons. The number of nitrogens with one attached hydrogen (secondary N) is 1. The minimum Gasteiger partial charge on any atom is -0.307 e. The molecule has 0 amide bonds. The normalized spacial score (nSPS) is 19.8. The van der Waals surface area contributed by atoms with Crippen LogP contribution in [0, 0.1) is 11.7 Å². The first-order valence-corrected chi connectivity index (χ1v) is 8.62. The number of hydrogen-bond acceptors (Lipinski definition) is 1. The van der Waals surface area contributed by atoms with Crippen LogP contribution in [0.15, 0.2) is 22.7 Å². The monoisotopic (exact) mass is 341 g/mol. The largest absolute Gasteiger partial charge is 0.307 e. The molecule has 20 heavy (non-hydrogen) atoms. The van der Waals surface area contributed by atoms with Crippen LogP contribution in [0.5, 0.6) is 0 Å². The zero-order valence-electron chi connectivity index (χ0n) is 12.5. The zero-order valence-corrected chi connectivity index (χ0v) is 14.0. The van der Waals surface area contributed by atoms with Crippen LogP contribution in [0.2, 0.25) is 0 Å². The maximum Gasteiger partial charge on any atom is 0.124 e. The number of halogens is 2. The Balaban J connectivity index is 2.02. The van der Waals surface area contributed by atoms with Crippen LogP contribution in [0.25, 0.3) is 0 Å². The van der Waals surface area contributed by atoms with Crippen LogP contribution in [0.4, 0.5) is 4.39 Å². The summed E-state index contributed by atoms with van der Waals surface area (Å²) in [5.74, 6) is 0.613. The molecule has 1 saturated carbocycles. The van der Waals surface area contributed by atoms with Crippen molar-refractivity contribution in [2.75, 3.05) is 0 Å². The van der Waals surface area contributed by atoms with Crippen molar-refractivity contribution >= 4 is 15.9 Å². The number of benzene rings is 1. The summed E-state index contributed by atoms with van der Waals surface area (Å²) in [6.45, 7) is 4.43. The smallest absolute Gasteiger partial charge is 0.124 e. The lowest BCUT2D eigenvalue weighted by molar-refractivity contribution is 0.249. The fourth-order valence-corrected chi connectivity index (χ4v) is 4.08. The maximum absolute atomic E-state index is 13.2. The molecule has 1 N–H and O–H groups in total. The second-order valence-corrected chi connectivity index (χ2v) is 6.82. The summed E-state index contributed by atoms with van der Waals surface area (Å²) < 4.78 is 14.0. The third-order valence-corrected chi connectivity index (χ3v) is 5.24. The van der Waals surface area contributed by atoms with E-state index in [1.807, 2.05) is 6.07 Å². The molecular weight excluding hydrogens is 317 g/mol. The van der Waals surface area contributed by atoms with Gasteiger partial charge in [0.05, 0.1) is 0 Å². The quantitative estimate of drug-likeness (QED) is 0.735. The molecule has 0 heterocycles. The van der Waals surface area contributed by atoms with E-state index in [1.165, 1.54) is 32.1 Å². The summed E-state index contributed by atoms with van der Waals surface area (Å²) in [5.41, 5.74) is 1.14. The molecule has 1 fully saturated rings. The van der Waals surface area contributed by atoms with Gasteiger partial charge in [0.15, 0.2) is 0 Å². The molecule has 3 heteroatoms. The molecule has 0 aromatic heterocycles. The molecule has 1 aromatic carbocycles. The van der Waals surface area contributed by atoms with Gasteiger partial charge >= 0.3 is 0 Å². The van der Waals surface area contributed by atoms with Crippen molar-refractivity contribution in [3.8, 4) is 0 Å². The highest BCUT2D eigenvalue weighted by molar-refractivity contribution is 9.10. The highest BCUT2D eigenvalue weighted by Crippen LogP contribution is 2.30. The van der Waals surface area contributed by atoms with E-state index in [0.29, 0.717) is 6.04 Å². The summed E-state index contributed by atoms with van der Waals surface area (Å²) in [5, 5.41) is 3.76. The van der Waals surface area contributed by atoms with Gasteiger partial charge in [-0.3, -0.25) is 0 Å². The molecule has 0 aliphatic heterocycles. The SMILES string of the molecule is CCC(NC(C)c1ccc(F)cc1Br)C1CCCCC1. The third kappa shape index (κ3) is 4.05. The van der Waals surface area contributed by atoms with Gasteiger partial charge in [0, 0.05) is 16.6 Å². The first-order valence-electron chi connectivity index (χ1n) is 7.82. The molecule has 1 aliphatic carbocycles. The Bertz CT molecular complexity index is 429. The molecular formula is C17H25BrFN. The van der Waals surface area contributed by atoms with E-state index >= 15 is 0 Å². The Morgan fingerprint density at radius 1 is 1.30 bits per heavy atom. The minimum atomic E-state index is -0.188. The Kier molecular flexibility index (Phi) is 6.03. The van der Waals surface area contributed by atoms with Crippen molar-refractivity contribution in [3.63, 3.8) is 0 Å². The predicted molar refractivity (Wildman–Crippen MR) is 86.3 cm³/mol. The van der Waals surface area contributed by atoms with Gasteiger partial charge in [-0.1, -0.05) is 48.2 Å². The van der Waals surface area contributed by atoms with Gasteiger partial charge in [0.25, 0.3) is 0 Å². The summed E-state index contributed by atoms with van der Waals surface area (Å²) >= 11 is 3.48. The maximum atomic E-state index is 13.2. The van der Waals surface area contributed by atoms with Crippen LogP contribution < -0.4 is 5.32 Å². The Labute approximate surface area is 130 Å². The standard InChI is InChI=1S/C17H25BrFN/c1-3-17(13-7-5-4-6-8-13)20-12(2)15-10-9-14(19)11-16(15)18/h9-13,17,20H,3-8H2,1-2H3. The molecule has 0 saturated heterocycles. The summed E-state index contributed by atoms with van der Waals surface area (Å²) in [7, 11) is 0. The lowest BCUT2D eigenvalue weighted by atomic mass is 9.82. The Hall–Kier alpha value is -0.410. The van der Waals surface area contributed by atoms with Crippen LogP contribution in [-0.4, -0.2) is 6.04 Å². The van der Waals surface area contributed by atoms with Gasteiger partial charge in [-0.05, 0) is 49.8 Å². The first-order chi connectivity index (χ1) is 9.61. The van der Waals surface area contributed by atoms with Crippen LogP contribution in [-0.2, 0) is 0 Å². The van der Waals surface area contributed by atoms with Gasteiger partial charge in [-0.25, -0.2) is 4.39 Å². The van der Waals surface area contributed by atoms with Gasteiger partial charge in [0.1, 0.15) is 5.82 Å². The molecule has 0 spiro atoms. The fourth-order valence-electron chi connectivity index (χ4n) is 3.39. The third-order valence-electron chi connectivity index (χ3n) is 4.55. The van der Waals surface area contributed by atoms with Gasteiger partial charge in [0.2, 0.25) is 0 Å². The minimum absolute atomic E-state index is 0.188. The average molecular weight is 342 g/mol. The van der Waals surface area contributed by atoms with E-state index < -0.39 is 0 Å². The Morgan fingerprint density at radius 2 is 2.00 bits per heavy atom. The average Bonchev–Trinajstić information content (AvgIpc) is 2.45. The summed E-state index contributed by atoms with van der Waals surface area (Å²) in [6.07, 6.45) is 8.00. The van der Waals surface area contributed by atoms with Crippen molar-refractivity contribution < 1.29 is 4.39 Å². The van der Waals surface area contributed by atoms with E-state index in [2.05, 4.69) is 35.1 Å². The van der Waals surface area contributed by atoms with Crippen LogP contribution in [0.3, 0.4) is 0 Å². The van der Waals surface area contributed by atoms with Crippen molar-refractivity contribution in [2.24, 2.45) is 5.92 Å². The molecule has 0 bridgehead atoms. The van der Waals surface area contributed by atoms with E-state index in [4.69, 9.17) is 0 Å². The van der Waals surface area contributed by atoms with Gasteiger partial charge in [-0.15, -0.1) is 0 Å². The van der Waals surface area contributed by atoms with E-state index in [1.54, 1.807) is 12.1 Å². The van der Waals surface area contributed by atoms with Gasteiger partial charge < -0.3 is 5.32 Å². The number of rotatable bonds is 5. The molecule has 1 nitrogen and oxygen atoms in total. The first kappa shape index (κ1) is 16.0. The predicted octanol–water partition coefficient (Wildman–Crippen LogP) is 5.60. The van der Waals surface area contributed by atoms with Crippen molar-refractivity contribution in [1.29, 1.82) is 0 Å². The van der Waals surface area contributed by atoms with E-state index in [9.17, 15) is 4.39 Å². The van der Waals surface area contributed by atoms with Crippen molar-refractivity contribution in [3.05, 3.63) is 34.1 Å². The van der Waals surface area contributed by atoms with Crippen LogP contribution in [0.1, 0.15) is 64.0 Å². The second-order valence-electron chi connectivity index (χ2n) is 5.97. The fraction of sp³-hybridized carbons (Fsp3) is 0.647. The number of hydrogen-bond donors (Lipinski definition) is 1. The molecule has 0 radical (unpaired) electrons. The van der Waals surface area contributed by atoms with Gasteiger partial charge in [-0.2, -0.15) is 0 Å². The van der Waals surface area contributed by atoms with E-state index in [0.717, 1.165) is 22.4 Å².